The van der Waals surface area contributed by atoms with E-state index in [4.69, 9.17) is 4.74 Å². The predicted molar refractivity (Wildman–Crippen MR) is 130 cm³/mol. The van der Waals surface area contributed by atoms with Crippen LogP contribution in [0.3, 0.4) is 0 Å². The van der Waals surface area contributed by atoms with Crippen LogP contribution in [0.5, 0.6) is 0 Å². The maximum absolute atomic E-state index is 13.8. The molecule has 0 saturated carbocycles. The molecule has 0 unspecified atom stereocenters. The van der Waals surface area contributed by atoms with Gasteiger partial charge in [0.2, 0.25) is 5.91 Å². The number of halogens is 1. The number of carbonyl (C=O) groups excluding carboxylic acids is 2. The molecule has 4 rings (SSSR count). The summed E-state index contributed by atoms with van der Waals surface area (Å²) in [6.45, 7) is 3.49. The van der Waals surface area contributed by atoms with Gasteiger partial charge in [-0.25, -0.2) is 4.39 Å². The summed E-state index contributed by atoms with van der Waals surface area (Å²) in [5, 5.41) is 2.93. The third-order valence-corrected chi connectivity index (χ3v) is 5.94. The Bertz CT molecular complexity index is 1120. The Morgan fingerprint density at radius 2 is 1.79 bits per heavy atom. The minimum absolute atomic E-state index is 0.0596. The lowest BCUT2D eigenvalue weighted by Crippen LogP contribution is -2.32. The summed E-state index contributed by atoms with van der Waals surface area (Å²) < 4.78 is 19.3. The Morgan fingerprint density at radius 1 is 1.03 bits per heavy atom. The van der Waals surface area contributed by atoms with Crippen molar-refractivity contribution in [2.75, 3.05) is 18.1 Å². The summed E-state index contributed by atoms with van der Waals surface area (Å²) in [5.74, 6) is -0.577. The van der Waals surface area contributed by atoms with Crippen molar-refractivity contribution < 1.29 is 18.7 Å². The van der Waals surface area contributed by atoms with E-state index in [1.54, 1.807) is 29.2 Å². The minimum Gasteiger partial charge on any atom is -0.376 e. The summed E-state index contributed by atoms with van der Waals surface area (Å²) in [4.78, 5) is 27.3. The summed E-state index contributed by atoms with van der Waals surface area (Å²) in [7, 11) is 0. The molecule has 1 aliphatic rings. The second kappa shape index (κ2) is 11.1. The van der Waals surface area contributed by atoms with Gasteiger partial charge in [0.1, 0.15) is 5.82 Å². The summed E-state index contributed by atoms with van der Waals surface area (Å²) in [6.07, 6.45) is 2.37. The molecule has 0 aromatic heterocycles. The van der Waals surface area contributed by atoms with Crippen LogP contribution in [0.1, 0.15) is 39.9 Å². The molecule has 1 fully saturated rings. The minimum atomic E-state index is -0.343. The van der Waals surface area contributed by atoms with Gasteiger partial charge in [-0.05, 0) is 67.3 Å². The molecule has 1 heterocycles. The van der Waals surface area contributed by atoms with E-state index in [-0.39, 0.29) is 36.7 Å². The maximum Gasteiger partial charge on any atom is 0.258 e. The van der Waals surface area contributed by atoms with E-state index in [1.165, 1.54) is 12.1 Å². The van der Waals surface area contributed by atoms with Crippen LogP contribution < -0.4 is 10.2 Å². The molecule has 5 nitrogen and oxygen atoms in total. The van der Waals surface area contributed by atoms with E-state index >= 15 is 0 Å². The number of rotatable bonds is 8. The molecule has 1 atom stereocenters. The number of hydrogen-bond acceptors (Lipinski definition) is 3. The maximum atomic E-state index is 13.8. The average molecular weight is 461 g/mol. The number of ether oxygens (including phenoxy) is 1. The number of nitrogens with one attached hydrogen (secondary N) is 1. The molecule has 0 radical (unpaired) electrons. The van der Waals surface area contributed by atoms with Gasteiger partial charge in [-0.15, -0.1) is 0 Å². The normalized spacial score (nSPS) is 15.2. The van der Waals surface area contributed by atoms with Crippen molar-refractivity contribution in [3.8, 4) is 0 Å². The monoisotopic (exact) mass is 460 g/mol. The highest BCUT2D eigenvalue weighted by Gasteiger charge is 2.19. The van der Waals surface area contributed by atoms with Crippen LogP contribution in [0.2, 0.25) is 0 Å². The molecule has 176 valence electrons. The Hall–Kier alpha value is -3.51. The van der Waals surface area contributed by atoms with Crippen LogP contribution in [0.25, 0.3) is 0 Å². The van der Waals surface area contributed by atoms with E-state index < -0.39 is 0 Å². The van der Waals surface area contributed by atoms with Crippen molar-refractivity contribution in [1.29, 1.82) is 0 Å². The summed E-state index contributed by atoms with van der Waals surface area (Å²) >= 11 is 0. The third-order valence-electron chi connectivity index (χ3n) is 5.94. The first-order chi connectivity index (χ1) is 16.5. The molecule has 34 heavy (non-hydrogen) atoms. The largest absolute Gasteiger partial charge is 0.376 e. The molecular formula is C28H29FN2O3. The lowest BCUT2D eigenvalue weighted by atomic mass is 10.1. The number of hydrogen-bond donors (Lipinski definition) is 1. The van der Waals surface area contributed by atoms with Gasteiger partial charge >= 0.3 is 0 Å². The van der Waals surface area contributed by atoms with E-state index in [0.717, 1.165) is 30.6 Å². The number of nitrogens with zero attached hydrogens (tertiary/aromatic N) is 1. The Morgan fingerprint density at radius 3 is 2.47 bits per heavy atom. The second-order valence-corrected chi connectivity index (χ2v) is 8.67. The molecular weight excluding hydrogens is 431 g/mol. The zero-order valence-electron chi connectivity index (χ0n) is 19.3. The average Bonchev–Trinajstić information content (AvgIpc) is 3.36. The fourth-order valence-electron chi connectivity index (χ4n) is 4.02. The number of amides is 2. The third kappa shape index (κ3) is 6.29. The van der Waals surface area contributed by atoms with Gasteiger partial charge < -0.3 is 15.0 Å². The Labute approximate surface area is 199 Å². The van der Waals surface area contributed by atoms with E-state index in [1.807, 2.05) is 43.3 Å². The van der Waals surface area contributed by atoms with Crippen LogP contribution in [-0.2, 0) is 22.5 Å². The smallest absolute Gasteiger partial charge is 0.258 e. The van der Waals surface area contributed by atoms with Gasteiger partial charge in [-0.1, -0.05) is 42.0 Å². The lowest BCUT2D eigenvalue weighted by molar-refractivity contribution is -0.120. The van der Waals surface area contributed by atoms with Crippen molar-refractivity contribution in [3.63, 3.8) is 0 Å². The fraction of sp³-hybridized carbons (Fsp3) is 0.286. The SMILES string of the molecule is Cc1ccc(C(=O)N(Cc2cccc(F)c2)c2ccc(CC(=O)NC[C@H]3CCCO3)cc2)cc1. The van der Waals surface area contributed by atoms with Crippen LogP contribution in [-0.4, -0.2) is 31.1 Å². The number of benzene rings is 3. The van der Waals surface area contributed by atoms with E-state index in [9.17, 15) is 14.0 Å². The molecule has 0 spiro atoms. The highest BCUT2D eigenvalue weighted by molar-refractivity contribution is 6.06. The van der Waals surface area contributed by atoms with Crippen LogP contribution in [0, 0.1) is 12.7 Å². The van der Waals surface area contributed by atoms with Crippen LogP contribution in [0.15, 0.2) is 72.8 Å². The zero-order valence-corrected chi connectivity index (χ0v) is 19.3. The topological polar surface area (TPSA) is 58.6 Å². The van der Waals surface area contributed by atoms with Crippen molar-refractivity contribution >= 4 is 17.5 Å². The quantitative estimate of drug-likeness (QED) is 0.524. The van der Waals surface area contributed by atoms with Gasteiger partial charge in [0.25, 0.3) is 5.91 Å². The van der Waals surface area contributed by atoms with Crippen LogP contribution in [0.4, 0.5) is 10.1 Å². The molecule has 0 aliphatic carbocycles. The van der Waals surface area contributed by atoms with Gasteiger partial charge in [0.15, 0.2) is 0 Å². The zero-order chi connectivity index (χ0) is 23.9. The lowest BCUT2D eigenvalue weighted by Gasteiger charge is -2.24. The van der Waals surface area contributed by atoms with Crippen LogP contribution >= 0.6 is 0 Å². The highest BCUT2D eigenvalue weighted by Crippen LogP contribution is 2.22. The predicted octanol–water partition coefficient (Wildman–Crippen LogP) is 4.82. The van der Waals surface area contributed by atoms with Crippen molar-refractivity contribution in [2.24, 2.45) is 0 Å². The van der Waals surface area contributed by atoms with Crippen molar-refractivity contribution in [3.05, 3.63) is 101 Å². The van der Waals surface area contributed by atoms with E-state index in [0.29, 0.717) is 23.4 Å². The Balaban J connectivity index is 1.49. The molecule has 1 saturated heterocycles. The fourth-order valence-corrected chi connectivity index (χ4v) is 4.02. The molecule has 1 aliphatic heterocycles. The number of carbonyl (C=O) groups is 2. The number of aryl methyl sites for hydroxylation is 1. The van der Waals surface area contributed by atoms with Gasteiger partial charge in [0.05, 0.1) is 19.1 Å². The van der Waals surface area contributed by atoms with Gasteiger partial charge in [-0.3, -0.25) is 9.59 Å². The second-order valence-electron chi connectivity index (χ2n) is 8.67. The standard InChI is InChI=1S/C28H29FN2O3/c1-20-7-11-23(12-8-20)28(33)31(19-22-4-2-5-24(29)16-22)25-13-9-21(10-14-25)17-27(32)30-18-26-6-3-15-34-26/h2,4-5,7-14,16,26H,3,6,15,17-19H2,1H3,(H,30,32)/t26-/m1/s1. The van der Waals surface area contributed by atoms with E-state index in [2.05, 4.69) is 5.32 Å². The highest BCUT2D eigenvalue weighted by atomic mass is 19.1. The van der Waals surface area contributed by atoms with Gasteiger partial charge in [0, 0.05) is 24.4 Å². The first-order valence-electron chi connectivity index (χ1n) is 11.6. The molecule has 3 aromatic carbocycles. The first-order valence-corrected chi connectivity index (χ1v) is 11.6. The Kier molecular flexibility index (Phi) is 7.70. The molecule has 0 bridgehead atoms. The van der Waals surface area contributed by atoms with Crippen molar-refractivity contribution in [2.45, 2.75) is 38.8 Å². The number of anilines is 1. The van der Waals surface area contributed by atoms with Gasteiger partial charge in [-0.2, -0.15) is 0 Å². The van der Waals surface area contributed by atoms with Crippen molar-refractivity contribution in [1.82, 2.24) is 5.32 Å². The first kappa shape index (κ1) is 23.6. The summed E-state index contributed by atoms with van der Waals surface area (Å²) in [5.41, 5.74) is 3.84. The molecule has 3 aromatic rings. The molecule has 6 heteroatoms. The molecule has 2 amide bonds. The summed E-state index contributed by atoms with van der Waals surface area (Å²) in [6, 6.07) is 21.0. The molecule has 1 N–H and O–H groups in total.